The van der Waals surface area contributed by atoms with Crippen molar-refractivity contribution in [1.29, 1.82) is 0 Å². The largest absolute Gasteiger partial charge is 0.494 e. The van der Waals surface area contributed by atoms with E-state index >= 15 is 0 Å². The molecule has 0 radical (unpaired) electrons. The summed E-state index contributed by atoms with van der Waals surface area (Å²) in [6.07, 6.45) is 3.07. The van der Waals surface area contributed by atoms with Crippen LogP contribution >= 0.6 is 0 Å². The minimum Gasteiger partial charge on any atom is -0.494 e. The Labute approximate surface area is 89.3 Å². The van der Waals surface area contributed by atoms with Gasteiger partial charge in [-0.15, -0.1) is 0 Å². The van der Waals surface area contributed by atoms with Crippen LogP contribution in [0.5, 0.6) is 5.75 Å². The van der Waals surface area contributed by atoms with E-state index in [2.05, 4.69) is 4.74 Å². The van der Waals surface area contributed by atoms with Crippen molar-refractivity contribution in [3.05, 3.63) is 35.9 Å². The van der Waals surface area contributed by atoms with E-state index in [-0.39, 0.29) is 5.97 Å². The van der Waals surface area contributed by atoms with Crippen LogP contribution in [0.4, 0.5) is 0 Å². The lowest BCUT2D eigenvalue weighted by molar-refractivity contribution is -0.134. The summed E-state index contributed by atoms with van der Waals surface area (Å²) >= 11 is 0. The average molecular weight is 206 g/mol. The number of carbonyl (C=O) groups excluding carboxylic acids is 1. The predicted molar refractivity (Wildman–Crippen MR) is 58.7 cm³/mol. The van der Waals surface area contributed by atoms with Gasteiger partial charge in [0.2, 0.25) is 0 Å². The van der Waals surface area contributed by atoms with Crippen LogP contribution in [0.3, 0.4) is 0 Å². The summed E-state index contributed by atoms with van der Waals surface area (Å²) in [5.74, 6) is 0.432. The molecule has 0 saturated heterocycles. The Morgan fingerprint density at radius 2 is 2.27 bits per heavy atom. The Morgan fingerprint density at radius 3 is 2.93 bits per heavy atom. The monoisotopic (exact) mass is 206 g/mol. The third-order valence-corrected chi connectivity index (χ3v) is 1.78. The Morgan fingerprint density at radius 1 is 1.47 bits per heavy atom. The Balaban J connectivity index is 2.73. The van der Waals surface area contributed by atoms with Crippen LogP contribution in [-0.2, 0) is 9.53 Å². The molecule has 80 valence electrons. The van der Waals surface area contributed by atoms with Gasteiger partial charge in [-0.25, -0.2) is 4.79 Å². The SMILES string of the molecule is CCOc1cccc(C=CC(=O)OC)c1. The zero-order chi connectivity index (χ0) is 11.1. The molecule has 1 aromatic rings. The molecule has 0 saturated carbocycles. The summed E-state index contributed by atoms with van der Waals surface area (Å²) in [5.41, 5.74) is 0.909. The highest BCUT2D eigenvalue weighted by Gasteiger charge is 1.94. The number of methoxy groups -OCH3 is 1. The topological polar surface area (TPSA) is 35.5 Å². The van der Waals surface area contributed by atoms with Crippen LogP contribution in [0, 0.1) is 0 Å². The van der Waals surface area contributed by atoms with Crippen LogP contribution in [0.25, 0.3) is 6.08 Å². The van der Waals surface area contributed by atoms with E-state index in [9.17, 15) is 4.79 Å². The molecule has 1 rings (SSSR count). The van der Waals surface area contributed by atoms with E-state index < -0.39 is 0 Å². The number of benzene rings is 1. The molecule has 0 atom stereocenters. The van der Waals surface area contributed by atoms with E-state index in [1.807, 2.05) is 31.2 Å². The van der Waals surface area contributed by atoms with E-state index in [0.29, 0.717) is 6.61 Å². The van der Waals surface area contributed by atoms with Gasteiger partial charge in [-0.3, -0.25) is 0 Å². The van der Waals surface area contributed by atoms with Crippen molar-refractivity contribution in [1.82, 2.24) is 0 Å². The number of ether oxygens (including phenoxy) is 2. The predicted octanol–water partition coefficient (Wildman–Crippen LogP) is 2.27. The van der Waals surface area contributed by atoms with E-state index in [0.717, 1.165) is 11.3 Å². The van der Waals surface area contributed by atoms with Crippen molar-refractivity contribution < 1.29 is 14.3 Å². The average Bonchev–Trinajstić information content (AvgIpc) is 2.27. The highest BCUT2D eigenvalue weighted by Crippen LogP contribution is 2.14. The summed E-state index contributed by atoms with van der Waals surface area (Å²) in [5, 5.41) is 0. The maximum absolute atomic E-state index is 10.9. The number of esters is 1. The zero-order valence-corrected chi connectivity index (χ0v) is 8.90. The van der Waals surface area contributed by atoms with Gasteiger partial charge in [-0.05, 0) is 30.7 Å². The summed E-state index contributed by atoms with van der Waals surface area (Å²) in [7, 11) is 1.35. The summed E-state index contributed by atoms with van der Waals surface area (Å²) in [6, 6.07) is 7.51. The van der Waals surface area contributed by atoms with E-state index in [4.69, 9.17) is 4.74 Å². The van der Waals surface area contributed by atoms with E-state index in [1.165, 1.54) is 13.2 Å². The zero-order valence-electron chi connectivity index (χ0n) is 8.90. The van der Waals surface area contributed by atoms with Gasteiger partial charge in [0, 0.05) is 6.08 Å². The highest BCUT2D eigenvalue weighted by atomic mass is 16.5. The fourth-order valence-corrected chi connectivity index (χ4v) is 1.11. The third kappa shape index (κ3) is 3.85. The molecule has 0 amide bonds. The van der Waals surface area contributed by atoms with Crippen LogP contribution in [0.2, 0.25) is 0 Å². The fraction of sp³-hybridized carbons (Fsp3) is 0.250. The van der Waals surface area contributed by atoms with Gasteiger partial charge >= 0.3 is 5.97 Å². The second kappa shape index (κ2) is 5.86. The Hall–Kier alpha value is -1.77. The molecule has 15 heavy (non-hydrogen) atoms. The molecular formula is C12H14O3. The number of hydrogen-bond donors (Lipinski definition) is 0. The highest BCUT2D eigenvalue weighted by molar-refractivity contribution is 5.86. The maximum atomic E-state index is 10.9. The van der Waals surface area contributed by atoms with Crippen LogP contribution in [-0.4, -0.2) is 19.7 Å². The smallest absolute Gasteiger partial charge is 0.330 e. The van der Waals surface area contributed by atoms with Gasteiger partial charge in [0.15, 0.2) is 0 Å². The van der Waals surface area contributed by atoms with E-state index in [1.54, 1.807) is 6.08 Å². The van der Waals surface area contributed by atoms with Crippen molar-refractivity contribution in [2.24, 2.45) is 0 Å². The van der Waals surface area contributed by atoms with Gasteiger partial charge in [-0.1, -0.05) is 12.1 Å². The van der Waals surface area contributed by atoms with Gasteiger partial charge in [0.1, 0.15) is 5.75 Å². The first kappa shape index (κ1) is 11.3. The second-order valence-corrected chi connectivity index (χ2v) is 2.86. The summed E-state index contributed by atoms with van der Waals surface area (Å²) in [4.78, 5) is 10.9. The number of rotatable bonds is 4. The summed E-state index contributed by atoms with van der Waals surface area (Å²) < 4.78 is 9.82. The molecule has 0 bridgehead atoms. The molecule has 0 aromatic heterocycles. The van der Waals surface area contributed by atoms with Gasteiger partial charge in [0.05, 0.1) is 13.7 Å². The second-order valence-electron chi connectivity index (χ2n) is 2.86. The first-order valence-electron chi connectivity index (χ1n) is 4.75. The number of hydrogen-bond acceptors (Lipinski definition) is 3. The molecule has 0 unspecified atom stereocenters. The first-order chi connectivity index (χ1) is 7.26. The molecule has 1 aromatic carbocycles. The van der Waals surface area contributed by atoms with Gasteiger partial charge in [0.25, 0.3) is 0 Å². The molecular weight excluding hydrogens is 192 g/mol. The van der Waals surface area contributed by atoms with Gasteiger partial charge in [-0.2, -0.15) is 0 Å². The lowest BCUT2D eigenvalue weighted by atomic mass is 10.2. The van der Waals surface area contributed by atoms with Crippen LogP contribution in [0.15, 0.2) is 30.3 Å². The maximum Gasteiger partial charge on any atom is 0.330 e. The van der Waals surface area contributed by atoms with Crippen molar-refractivity contribution in [2.45, 2.75) is 6.92 Å². The van der Waals surface area contributed by atoms with Crippen molar-refractivity contribution >= 4 is 12.0 Å². The lowest BCUT2D eigenvalue weighted by Gasteiger charge is -2.02. The summed E-state index contributed by atoms with van der Waals surface area (Å²) in [6.45, 7) is 2.56. The standard InChI is InChI=1S/C12H14O3/c1-3-15-11-6-4-5-10(9-11)7-8-12(13)14-2/h4-9H,3H2,1-2H3. The molecule has 3 nitrogen and oxygen atoms in total. The Kier molecular flexibility index (Phi) is 4.41. The van der Waals surface area contributed by atoms with Crippen molar-refractivity contribution in [2.75, 3.05) is 13.7 Å². The third-order valence-electron chi connectivity index (χ3n) is 1.78. The molecule has 0 fully saturated rings. The lowest BCUT2D eigenvalue weighted by Crippen LogP contribution is -1.93. The van der Waals surface area contributed by atoms with Crippen LogP contribution < -0.4 is 4.74 Å². The van der Waals surface area contributed by atoms with Crippen molar-refractivity contribution in [3.8, 4) is 5.75 Å². The normalized spacial score (nSPS) is 10.3. The molecule has 0 spiro atoms. The van der Waals surface area contributed by atoms with Crippen LogP contribution in [0.1, 0.15) is 12.5 Å². The molecule has 0 aliphatic heterocycles. The molecule has 0 aliphatic rings. The molecule has 0 heterocycles. The van der Waals surface area contributed by atoms with Gasteiger partial charge < -0.3 is 9.47 Å². The Bertz CT molecular complexity index is 356. The van der Waals surface area contributed by atoms with Crippen molar-refractivity contribution in [3.63, 3.8) is 0 Å². The molecule has 0 aliphatic carbocycles. The minimum absolute atomic E-state index is 0.364. The molecule has 0 N–H and O–H groups in total. The molecule has 3 heteroatoms. The number of carbonyl (C=O) groups is 1. The quantitative estimate of drug-likeness (QED) is 0.560. The minimum atomic E-state index is -0.364. The fourth-order valence-electron chi connectivity index (χ4n) is 1.11. The first-order valence-corrected chi connectivity index (χ1v) is 4.75.